The van der Waals surface area contributed by atoms with Crippen molar-refractivity contribution in [2.24, 2.45) is 5.41 Å². The van der Waals surface area contributed by atoms with Gasteiger partial charge in [-0.1, -0.05) is 44.5 Å². The Morgan fingerprint density at radius 2 is 1.95 bits per heavy atom. The number of pyridine rings is 1. The van der Waals surface area contributed by atoms with Crippen LogP contribution in [0.3, 0.4) is 0 Å². The third-order valence-corrected chi connectivity index (χ3v) is 8.22. The third-order valence-electron chi connectivity index (χ3n) is 8.22. The predicted octanol–water partition coefficient (Wildman–Crippen LogP) is 7.27. The Balaban J connectivity index is 1.44. The lowest BCUT2D eigenvalue weighted by atomic mass is 9.75. The van der Waals surface area contributed by atoms with Crippen LogP contribution >= 0.6 is 0 Å². The van der Waals surface area contributed by atoms with Gasteiger partial charge in [0.15, 0.2) is 0 Å². The van der Waals surface area contributed by atoms with Gasteiger partial charge < -0.3 is 14.6 Å². The van der Waals surface area contributed by atoms with Gasteiger partial charge >= 0.3 is 5.97 Å². The quantitative estimate of drug-likeness (QED) is 0.350. The third kappa shape index (κ3) is 5.20. The maximum atomic E-state index is 15.0. The number of benzene rings is 2. The standard InChI is InChI=1S/C31H34FNO4/c1-31(2)12-4-5-27(31)25-13-19(6-11-23(25)26-16-29(36-3)33-17-28(26)32)18-37-22-10-9-20-7-8-21(14-30(34)35)24(20)15-22/h6,9-11,13,15-17,21,27H,4-5,7-8,12,14,18H2,1-3H3,(H,34,35)/t21-,27-/m0/s1. The van der Waals surface area contributed by atoms with Gasteiger partial charge in [0.1, 0.15) is 18.2 Å². The number of aryl methyl sites for hydroxylation is 1. The molecule has 0 unspecified atom stereocenters. The van der Waals surface area contributed by atoms with Gasteiger partial charge in [0, 0.05) is 11.6 Å². The molecule has 0 amide bonds. The van der Waals surface area contributed by atoms with Gasteiger partial charge in [0.05, 0.1) is 19.7 Å². The van der Waals surface area contributed by atoms with Crippen molar-refractivity contribution in [1.82, 2.24) is 4.98 Å². The van der Waals surface area contributed by atoms with E-state index in [-0.39, 0.29) is 23.6 Å². The fourth-order valence-electron chi connectivity index (χ4n) is 6.22. The molecule has 2 atom stereocenters. The van der Waals surface area contributed by atoms with E-state index in [1.165, 1.54) is 18.9 Å². The zero-order valence-corrected chi connectivity index (χ0v) is 21.7. The van der Waals surface area contributed by atoms with E-state index < -0.39 is 5.97 Å². The van der Waals surface area contributed by atoms with Crippen molar-refractivity contribution in [3.63, 3.8) is 0 Å². The minimum absolute atomic E-state index is 0.0405. The zero-order valence-electron chi connectivity index (χ0n) is 21.7. The van der Waals surface area contributed by atoms with Crippen LogP contribution in [0, 0.1) is 11.2 Å². The van der Waals surface area contributed by atoms with E-state index in [9.17, 15) is 14.3 Å². The van der Waals surface area contributed by atoms with E-state index in [1.807, 2.05) is 24.3 Å². The van der Waals surface area contributed by atoms with Crippen molar-refractivity contribution in [3.8, 4) is 22.8 Å². The molecule has 194 valence electrons. The first kappa shape index (κ1) is 25.2. The lowest BCUT2D eigenvalue weighted by Gasteiger charge is -2.30. The number of carboxylic acids is 1. The minimum Gasteiger partial charge on any atom is -0.489 e. The van der Waals surface area contributed by atoms with Gasteiger partial charge in [-0.15, -0.1) is 0 Å². The molecular weight excluding hydrogens is 469 g/mol. The molecule has 0 aliphatic heterocycles. The number of aliphatic carboxylic acids is 1. The van der Waals surface area contributed by atoms with Crippen LogP contribution < -0.4 is 9.47 Å². The highest BCUT2D eigenvalue weighted by atomic mass is 19.1. The Hall–Kier alpha value is -3.41. The normalized spacial score (nSPS) is 20.0. The predicted molar refractivity (Wildman–Crippen MR) is 141 cm³/mol. The lowest BCUT2D eigenvalue weighted by molar-refractivity contribution is -0.137. The van der Waals surface area contributed by atoms with Crippen molar-refractivity contribution in [2.45, 2.75) is 70.8 Å². The molecule has 0 saturated heterocycles. The maximum Gasteiger partial charge on any atom is 0.303 e. The summed E-state index contributed by atoms with van der Waals surface area (Å²) in [6, 6.07) is 13.9. The molecule has 5 nitrogen and oxygen atoms in total. The van der Waals surface area contributed by atoms with Crippen molar-refractivity contribution >= 4 is 5.97 Å². The number of nitrogens with zero attached hydrogens (tertiary/aromatic N) is 1. The average Bonchev–Trinajstić information content (AvgIpc) is 3.44. The summed E-state index contributed by atoms with van der Waals surface area (Å²) in [7, 11) is 1.54. The van der Waals surface area contributed by atoms with Crippen LogP contribution in [0.4, 0.5) is 4.39 Å². The Bertz CT molecular complexity index is 1320. The van der Waals surface area contributed by atoms with Gasteiger partial charge in [-0.05, 0) is 82.9 Å². The number of hydrogen-bond acceptors (Lipinski definition) is 4. The van der Waals surface area contributed by atoms with Crippen molar-refractivity contribution in [3.05, 3.63) is 76.7 Å². The summed E-state index contributed by atoms with van der Waals surface area (Å²) in [6.07, 6.45) is 6.48. The molecule has 0 bridgehead atoms. The number of ether oxygens (including phenoxy) is 2. The van der Waals surface area contributed by atoms with Crippen LogP contribution in [0.25, 0.3) is 11.1 Å². The van der Waals surface area contributed by atoms with Crippen LogP contribution in [0.2, 0.25) is 0 Å². The molecule has 1 aromatic heterocycles. The van der Waals surface area contributed by atoms with Crippen LogP contribution in [-0.4, -0.2) is 23.2 Å². The Labute approximate surface area is 217 Å². The van der Waals surface area contributed by atoms with Crippen LogP contribution in [0.15, 0.2) is 48.7 Å². The molecule has 3 aromatic rings. The van der Waals surface area contributed by atoms with E-state index in [4.69, 9.17) is 9.47 Å². The first-order valence-corrected chi connectivity index (χ1v) is 13.1. The summed E-state index contributed by atoms with van der Waals surface area (Å²) >= 11 is 0. The lowest BCUT2D eigenvalue weighted by Crippen LogP contribution is -2.17. The van der Waals surface area contributed by atoms with E-state index in [1.54, 1.807) is 6.07 Å². The molecule has 2 aromatic carbocycles. The molecule has 1 N–H and O–H groups in total. The van der Waals surface area contributed by atoms with Crippen molar-refractivity contribution in [2.75, 3.05) is 7.11 Å². The van der Waals surface area contributed by atoms with Crippen LogP contribution in [0.5, 0.6) is 11.6 Å². The molecule has 1 saturated carbocycles. The second kappa shape index (κ2) is 10.2. The molecule has 1 fully saturated rings. The summed E-state index contributed by atoms with van der Waals surface area (Å²) in [5, 5.41) is 9.26. The number of fused-ring (bicyclic) bond motifs is 1. The summed E-state index contributed by atoms with van der Waals surface area (Å²) in [6.45, 7) is 4.96. The highest BCUT2D eigenvalue weighted by Gasteiger charge is 2.37. The Kier molecular flexibility index (Phi) is 6.93. The van der Waals surface area contributed by atoms with Crippen LogP contribution in [-0.2, 0) is 17.8 Å². The zero-order chi connectivity index (χ0) is 26.2. The number of rotatable bonds is 8. The first-order valence-electron chi connectivity index (χ1n) is 13.1. The number of halogens is 1. The Morgan fingerprint density at radius 1 is 1.11 bits per heavy atom. The second-order valence-electron chi connectivity index (χ2n) is 11.0. The molecule has 2 aliphatic rings. The van der Waals surface area contributed by atoms with Gasteiger partial charge in [-0.3, -0.25) is 4.79 Å². The molecule has 2 aliphatic carbocycles. The molecule has 0 spiro atoms. The number of aromatic nitrogens is 1. The number of hydrogen-bond donors (Lipinski definition) is 1. The molecular formula is C31H34FNO4. The molecule has 1 heterocycles. The molecule has 5 rings (SSSR count). The SMILES string of the molecule is COc1cc(-c2ccc(COc3ccc4c(c3)[C@H](CC(=O)O)CC4)cc2[C@@H]2CCCC2(C)C)c(F)cn1. The fourth-order valence-corrected chi connectivity index (χ4v) is 6.22. The summed E-state index contributed by atoms with van der Waals surface area (Å²) in [5.41, 5.74) is 5.93. The Morgan fingerprint density at radius 3 is 2.68 bits per heavy atom. The summed E-state index contributed by atoms with van der Waals surface area (Å²) < 4.78 is 26.4. The van der Waals surface area contributed by atoms with E-state index in [2.05, 4.69) is 31.0 Å². The number of carboxylic acid groups (broad SMARTS) is 1. The summed E-state index contributed by atoms with van der Waals surface area (Å²) in [4.78, 5) is 15.3. The van der Waals surface area contributed by atoms with Crippen molar-refractivity contribution in [1.29, 1.82) is 0 Å². The van der Waals surface area contributed by atoms with E-state index in [0.29, 0.717) is 24.0 Å². The van der Waals surface area contributed by atoms with Gasteiger partial charge in [-0.25, -0.2) is 9.37 Å². The van der Waals surface area contributed by atoms with Crippen LogP contribution in [0.1, 0.15) is 80.0 Å². The monoisotopic (exact) mass is 503 g/mol. The highest BCUT2D eigenvalue weighted by Crippen LogP contribution is 2.51. The molecule has 37 heavy (non-hydrogen) atoms. The fraction of sp³-hybridized carbons (Fsp3) is 0.419. The van der Waals surface area contributed by atoms with E-state index >= 15 is 0 Å². The average molecular weight is 504 g/mol. The second-order valence-corrected chi connectivity index (χ2v) is 11.0. The largest absolute Gasteiger partial charge is 0.489 e. The minimum atomic E-state index is -0.769. The number of carbonyl (C=O) groups is 1. The van der Waals surface area contributed by atoms with Gasteiger partial charge in [-0.2, -0.15) is 0 Å². The summed E-state index contributed by atoms with van der Waals surface area (Å²) in [5.74, 6) is 0.341. The first-order chi connectivity index (χ1) is 17.7. The van der Waals surface area contributed by atoms with Gasteiger partial charge in [0.25, 0.3) is 0 Å². The molecule has 6 heteroatoms. The molecule has 0 radical (unpaired) electrons. The van der Waals surface area contributed by atoms with Gasteiger partial charge in [0.2, 0.25) is 5.88 Å². The maximum absolute atomic E-state index is 15.0. The van der Waals surface area contributed by atoms with E-state index in [0.717, 1.165) is 60.1 Å². The highest BCUT2D eigenvalue weighted by molar-refractivity contribution is 5.70. The smallest absolute Gasteiger partial charge is 0.303 e. The number of methoxy groups -OCH3 is 1. The topological polar surface area (TPSA) is 68.7 Å². The van der Waals surface area contributed by atoms with Crippen molar-refractivity contribution < 1.29 is 23.8 Å².